The summed E-state index contributed by atoms with van der Waals surface area (Å²) >= 11 is 0. The maximum atomic E-state index is 3.93. The predicted molar refractivity (Wildman–Crippen MR) is 94.4 cm³/mol. The fourth-order valence-corrected chi connectivity index (χ4v) is 2.57. The fourth-order valence-electron chi connectivity index (χ4n) is 2.57. The molecule has 0 unspecified atom stereocenters. The number of hydrogen-bond acceptors (Lipinski definition) is 0. The van der Waals surface area contributed by atoms with E-state index in [0.717, 1.165) is 6.42 Å². The average molecular weight is 272 g/mol. The molecule has 0 nitrogen and oxygen atoms in total. The molecule has 0 aliphatic heterocycles. The van der Waals surface area contributed by atoms with Crippen molar-refractivity contribution >= 4 is 5.57 Å². The number of hydrogen-bond donors (Lipinski definition) is 0. The van der Waals surface area contributed by atoms with E-state index >= 15 is 0 Å². The van der Waals surface area contributed by atoms with Crippen LogP contribution < -0.4 is 0 Å². The Morgan fingerprint density at radius 2 is 1.80 bits per heavy atom. The maximum Gasteiger partial charge on any atom is -0.0153 e. The highest BCUT2D eigenvalue weighted by Gasteiger charge is 2.10. The van der Waals surface area contributed by atoms with E-state index in [9.17, 15) is 0 Å². The summed E-state index contributed by atoms with van der Waals surface area (Å²) in [6.07, 6.45) is 8.95. The molecule has 0 radical (unpaired) electrons. The summed E-state index contributed by atoms with van der Waals surface area (Å²) in [6.45, 7) is 16.8. The lowest BCUT2D eigenvalue weighted by Gasteiger charge is -2.17. The van der Waals surface area contributed by atoms with Gasteiger partial charge >= 0.3 is 0 Å². The first-order valence-electron chi connectivity index (χ1n) is 8.09. The molecule has 0 bridgehead atoms. The van der Waals surface area contributed by atoms with E-state index in [1.165, 1.54) is 41.5 Å². The Hall–Kier alpha value is -1.30. The lowest BCUT2D eigenvalue weighted by molar-refractivity contribution is 0.782. The zero-order chi connectivity index (χ0) is 15.5. The van der Waals surface area contributed by atoms with Gasteiger partial charge in [-0.1, -0.05) is 65.0 Å². The van der Waals surface area contributed by atoms with Crippen molar-refractivity contribution in [2.45, 2.75) is 67.2 Å². The van der Waals surface area contributed by atoms with E-state index in [0.29, 0.717) is 0 Å². The summed E-state index contributed by atoms with van der Waals surface area (Å²) in [4.78, 5) is 0. The van der Waals surface area contributed by atoms with Crippen LogP contribution >= 0.6 is 0 Å². The molecule has 0 saturated carbocycles. The normalized spacial score (nSPS) is 10.8. The second-order valence-corrected chi connectivity index (χ2v) is 4.79. The van der Waals surface area contributed by atoms with Crippen LogP contribution in [0.2, 0.25) is 0 Å². The van der Waals surface area contributed by atoms with Crippen LogP contribution in [0, 0.1) is 6.92 Å². The molecule has 0 aromatic heterocycles. The minimum atomic E-state index is 1.10. The molecule has 112 valence electrons. The van der Waals surface area contributed by atoms with Crippen LogP contribution in [0.15, 0.2) is 30.9 Å². The largest absolute Gasteiger partial charge is 0.0985 e. The van der Waals surface area contributed by atoms with Gasteiger partial charge in [-0.25, -0.2) is 0 Å². The summed E-state index contributed by atoms with van der Waals surface area (Å²) < 4.78 is 0. The fraction of sp³-hybridized carbons (Fsp3) is 0.500. The number of benzene rings is 1. The molecule has 0 saturated heterocycles. The first-order valence-corrected chi connectivity index (χ1v) is 8.09. The zero-order valence-electron chi connectivity index (χ0n) is 14.3. The number of aryl methyl sites for hydroxylation is 1. The Morgan fingerprint density at radius 3 is 2.25 bits per heavy atom. The number of allylic oxidation sites excluding steroid dienone is 3. The number of rotatable bonds is 6. The standard InChI is InChI=1S/C18H26.C2H6/c1-6-10-11-17-14(5)12-13-18(16(17)9-4)15(7-2)8-3;1-2/h7-8,12-13H,2,6,9-11H2,1,3-5H3;1-2H3/b15-8+;. The molecular formula is C20H32. The molecule has 0 heteroatoms. The van der Waals surface area contributed by atoms with Crippen LogP contribution in [0.4, 0.5) is 0 Å². The van der Waals surface area contributed by atoms with Gasteiger partial charge < -0.3 is 0 Å². The summed E-state index contributed by atoms with van der Waals surface area (Å²) in [5.41, 5.74) is 7.12. The lowest BCUT2D eigenvalue weighted by Crippen LogP contribution is -2.01. The zero-order valence-corrected chi connectivity index (χ0v) is 14.3. The Labute approximate surface area is 126 Å². The molecule has 0 spiro atoms. The second-order valence-electron chi connectivity index (χ2n) is 4.79. The topological polar surface area (TPSA) is 0 Å². The molecule has 1 aromatic carbocycles. The highest BCUT2D eigenvalue weighted by Crippen LogP contribution is 2.27. The molecule has 1 aromatic rings. The first-order chi connectivity index (χ1) is 9.69. The van der Waals surface area contributed by atoms with Crippen molar-refractivity contribution in [3.8, 4) is 0 Å². The van der Waals surface area contributed by atoms with Crippen molar-refractivity contribution in [3.05, 3.63) is 53.1 Å². The maximum absolute atomic E-state index is 3.93. The summed E-state index contributed by atoms with van der Waals surface area (Å²) in [7, 11) is 0. The summed E-state index contributed by atoms with van der Waals surface area (Å²) in [5.74, 6) is 0. The van der Waals surface area contributed by atoms with Crippen LogP contribution in [0.1, 0.15) is 69.7 Å². The van der Waals surface area contributed by atoms with Gasteiger partial charge in [0.05, 0.1) is 0 Å². The van der Waals surface area contributed by atoms with Crippen molar-refractivity contribution in [2.24, 2.45) is 0 Å². The predicted octanol–water partition coefficient (Wildman–Crippen LogP) is 6.52. The van der Waals surface area contributed by atoms with E-state index in [2.05, 4.69) is 52.5 Å². The lowest BCUT2D eigenvalue weighted by atomic mass is 9.88. The molecule has 0 aliphatic rings. The van der Waals surface area contributed by atoms with Crippen molar-refractivity contribution in [1.29, 1.82) is 0 Å². The third-order valence-corrected chi connectivity index (χ3v) is 3.64. The van der Waals surface area contributed by atoms with E-state index in [1.807, 2.05) is 19.9 Å². The van der Waals surface area contributed by atoms with Crippen LogP contribution in [0.3, 0.4) is 0 Å². The van der Waals surface area contributed by atoms with Gasteiger partial charge in [-0.15, -0.1) is 0 Å². The van der Waals surface area contributed by atoms with Gasteiger partial charge in [0, 0.05) is 0 Å². The Balaban J connectivity index is 0.00000172. The molecular weight excluding hydrogens is 240 g/mol. The van der Waals surface area contributed by atoms with Crippen molar-refractivity contribution < 1.29 is 0 Å². The Bertz CT molecular complexity index is 436. The van der Waals surface area contributed by atoms with Crippen LogP contribution in [-0.4, -0.2) is 0 Å². The van der Waals surface area contributed by atoms with Gasteiger partial charge in [-0.05, 0) is 60.9 Å². The Kier molecular flexibility index (Phi) is 9.80. The monoisotopic (exact) mass is 272 g/mol. The van der Waals surface area contributed by atoms with Crippen LogP contribution in [0.25, 0.3) is 5.57 Å². The van der Waals surface area contributed by atoms with Gasteiger partial charge in [0.2, 0.25) is 0 Å². The molecule has 0 N–H and O–H groups in total. The van der Waals surface area contributed by atoms with E-state index in [4.69, 9.17) is 0 Å². The molecule has 0 aliphatic carbocycles. The third-order valence-electron chi connectivity index (χ3n) is 3.64. The molecule has 0 heterocycles. The van der Waals surface area contributed by atoms with Gasteiger partial charge in [0.25, 0.3) is 0 Å². The van der Waals surface area contributed by atoms with Crippen LogP contribution in [-0.2, 0) is 12.8 Å². The van der Waals surface area contributed by atoms with Gasteiger partial charge in [0.1, 0.15) is 0 Å². The smallest absolute Gasteiger partial charge is 0.0153 e. The molecule has 0 amide bonds. The minimum absolute atomic E-state index is 1.10. The molecule has 0 atom stereocenters. The van der Waals surface area contributed by atoms with Crippen molar-refractivity contribution in [1.82, 2.24) is 0 Å². The highest BCUT2D eigenvalue weighted by molar-refractivity contribution is 5.76. The molecule has 0 fully saturated rings. The van der Waals surface area contributed by atoms with Crippen molar-refractivity contribution in [2.75, 3.05) is 0 Å². The Morgan fingerprint density at radius 1 is 1.15 bits per heavy atom. The second kappa shape index (κ2) is 10.5. The minimum Gasteiger partial charge on any atom is -0.0985 e. The highest BCUT2D eigenvalue weighted by atomic mass is 14.2. The quantitative estimate of drug-likeness (QED) is 0.517. The van der Waals surface area contributed by atoms with Gasteiger partial charge in [0.15, 0.2) is 0 Å². The van der Waals surface area contributed by atoms with E-state index in [-0.39, 0.29) is 0 Å². The molecule has 20 heavy (non-hydrogen) atoms. The number of unbranched alkanes of at least 4 members (excludes halogenated alkanes) is 1. The third kappa shape index (κ3) is 4.67. The first kappa shape index (κ1) is 18.7. The average Bonchev–Trinajstić information content (AvgIpc) is 2.50. The SMILES string of the molecule is C=C/C(=C\C)c1ccc(C)c(CCCC)c1CC.CC. The summed E-state index contributed by atoms with van der Waals surface area (Å²) in [5, 5.41) is 0. The van der Waals surface area contributed by atoms with Crippen molar-refractivity contribution in [3.63, 3.8) is 0 Å². The van der Waals surface area contributed by atoms with Gasteiger partial charge in [-0.2, -0.15) is 0 Å². The van der Waals surface area contributed by atoms with Crippen LogP contribution in [0.5, 0.6) is 0 Å². The molecule has 1 rings (SSSR count). The van der Waals surface area contributed by atoms with E-state index < -0.39 is 0 Å². The van der Waals surface area contributed by atoms with Gasteiger partial charge in [-0.3, -0.25) is 0 Å². The van der Waals surface area contributed by atoms with E-state index in [1.54, 1.807) is 5.56 Å². The summed E-state index contributed by atoms with van der Waals surface area (Å²) in [6, 6.07) is 4.51.